The number of hydrogen-bond donors (Lipinski definition) is 2. The van der Waals surface area contributed by atoms with Gasteiger partial charge in [0.2, 0.25) is 11.2 Å². The molecule has 67 heavy (non-hydrogen) atoms. The van der Waals surface area contributed by atoms with Gasteiger partial charge in [-0.05, 0) is 137 Å². The number of nitrogens with zero attached hydrogens (tertiary/aromatic N) is 3. The molecule has 2 N–H and O–H groups in total. The molecule has 364 valence electrons. The van der Waals surface area contributed by atoms with Gasteiger partial charge in [-0.25, -0.2) is 18.4 Å². The lowest BCUT2D eigenvalue weighted by Gasteiger charge is -2.62. The summed E-state index contributed by atoms with van der Waals surface area (Å²) in [5.74, 6) is -4.75. The molecule has 13 nitrogen and oxygen atoms in total. The van der Waals surface area contributed by atoms with Crippen molar-refractivity contribution in [1.82, 2.24) is 9.47 Å². The van der Waals surface area contributed by atoms with Crippen LogP contribution in [0.4, 0.5) is 19.3 Å². The number of benzene rings is 1. The van der Waals surface area contributed by atoms with Gasteiger partial charge in [0.15, 0.2) is 28.6 Å². The highest BCUT2D eigenvalue weighted by Crippen LogP contribution is 2.71. The first-order valence-corrected chi connectivity index (χ1v) is 24.2. The molecule has 5 aliphatic carbocycles. The van der Waals surface area contributed by atoms with E-state index in [-0.39, 0.29) is 70.3 Å². The topological polar surface area (TPSA) is 165 Å². The number of methoxy groups -OCH3 is 1. The Morgan fingerprint density at radius 3 is 2.30 bits per heavy atom. The fourth-order valence-corrected chi connectivity index (χ4v) is 14.1. The zero-order valence-corrected chi connectivity index (χ0v) is 40.8. The smallest absolute Gasteiger partial charge is 0.410 e. The maximum atomic E-state index is 17.9. The van der Waals surface area contributed by atoms with Crippen LogP contribution in [-0.4, -0.2) is 105 Å². The van der Waals surface area contributed by atoms with Gasteiger partial charge >= 0.3 is 12.1 Å². The molecule has 9 rings (SSSR count). The number of aromatic nitrogens is 1. The third kappa shape index (κ3) is 6.65. The number of piperidine rings is 1. The first-order valence-electron chi connectivity index (χ1n) is 24.2. The van der Waals surface area contributed by atoms with E-state index >= 15 is 13.6 Å². The SMILES string of the molecule is COc1c(N2CC3CCCN(C(=O)OC(C)(C)C)C3C2)c(F)c(C)c2c(=O)c(C(=O)OC(C)(C)C(=O)[C@@]3(O)[C@@H](C)C[C@H]4[C@@H]5CCC6=CC(=O)C=C[C@]6(C)[C@@]5(F)[C@@H](O)C[C@@]43C)c(C)n(C3CC3)c12. The van der Waals surface area contributed by atoms with Gasteiger partial charge in [0, 0.05) is 53.7 Å². The average molecular weight is 932 g/mol. The van der Waals surface area contributed by atoms with E-state index in [2.05, 4.69) is 0 Å². The number of ketones is 2. The number of rotatable bonds is 7. The highest BCUT2D eigenvalue weighted by Gasteiger charge is 2.76. The molecule has 2 aromatic rings. The van der Waals surface area contributed by atoms with Crippen LogP contribution >= 0.6 is 0 Å². The molecular weight excluding hydrogens is 865 g/mol. The minimum absolute atomic E-state index is 0.0100. The molecule has 7 aliphatic rings. The second-order valence-corrected chi connectivity index (χ2v) is 22.9. The Labute approximate surface area is 390 Å². The van der Waals surface area contributed by atoms with Crippen molar-refractivity contribution in [1.29, 1.82) is 0 Å². The summed E-state index contributed by atoms with van der Waals surface area (Å²) in [5.41, 5.74) is -9.47. The van der Waals surface area contributed by atoms with Gasteiger partial charge in [0.1, 0.15) is 22.5 Å². The standard InChI is InChI=1S/C52H67F2N3O10/c1-26-21-34-33-17-14-30-22-32(58)18-19-49(30,9)51(33,54)36(59)23-50(34,10)52(26,64)45(62)48(7,8)66-44(61)38-28(3)57(31-15-16-31)40-37(42(38)60)27(2)39(53)41(43(40)65-11)55-24-29-13-12-20-56(35(29)25-55)46(63)67-47(4,5)6/h18-19,22,26,29,31,33-36,59,64H,12-17,20-21,23-25H2,1-11H3/t26-,29?,33-,34-,35?,36-,49-,50-,51-,52-/m0/s1. The number of esters is 1. The predicted octanol–water partition coefficient (Wildman–Crippen LogP) is 7.79. The molecule has 0 spiro atoms. The Morgan fingerprint density at radius 2 is 1.66 bits per heavy atom. The fourth-order valence-electron chi connectivity index (χ4n) is 14.1. The van der Waals surface area contributed by atoms with E-state index in [1.54, 1.807) is 38.7 Å². The zero-order valence-electron chi connectivity index (χ0n) is 40.8. The van der Waals surface area contributed by atoms with Crippen molar-refractivity contribution >= 4 is 40.2 Å². The number of aryl methyl sites for hydroxylation is 1. The molecule has 0 bridgehead atoms. The Morgan fingerprint density at radius 1 is 0.970 bits per heavy atom. The van der Waals surface area contributed by atoms with Crippen LogP contribution in [0.15, 0.2) is 28.6 Å². The van der Waals surface area contributed by atoms with E-state index in [0.29, 0.717) is 56.4 Å². The van der Waals surface area contributed by atoms with Crippen LogP contribution in [0.1, 0.15) is 134 Å². The van der Waals surface area contributed by atoms with Gasteiger partial charge in [0.25, 0.3) is 0 Å². The molecule has 15 heteroatoms. The number of allylic oxidation sites excluding steroid dienone is 4. The van der Waals surface area contributed by atoms with Crippen LogP contribution in [0.25, 0.3) is 10.9 Å². The van der Waals surface area contributed by atoms with Crippen LogP contribution in [0, 0.1) is 54.2 Å². The van der Waals surface area contributed by atoms with Crippen molar-refractivity contribution in [2.75, 3.05) is 31.6 Å². The molecule has 10 atom stereocenters. The number of fused-ring (bicyclic) bond motifs is 7. The Bertz CT molecular complexity index is 2630. The van der Waals surface area contributed by atoms with E-state index < -0.39 is 86.3 Å². The summed E-state index contributed by atoms with van der Waals surface area (Å²) in [6.45, 7) is 17.7. The van der Waals surface area contributed by atoms with Gasteiger partial charge in [-0.15, -0.1) is 0 Å². The molecule has 2 aliphatic heterocycles. The van der Waals surface area contributed by atoms with Crippen molar-refractivity contribution in [3.63, 3.8) is 0 Å². The Balaban J connectivity index is 1.05. The second-order valence-electron chi connectivity index (χ2n) is 22.9. The summed E-state index contributed by atoms with van der Waals surface area (Å²) in [6.07, 6.45) is 6.08. The third-order valence-electron chi connectivity index (χ3n) is 17.5. The zero-order chi connectivity index (χ0) is 48.9. The first-order chi connectivity index (χ1) is 31.2. The molecule has 0 radical (unpaired) electrons. The second kappa shape index (κ2) is 15.4. The van der Waals surface area contributed by atoms with Gasteiger partial charge in [-0.1, -0.05) is 25.5 Å². The van der Waals surface area contributed by atoms with Crippen LogP contribution in [0.5, 0.6) is 5.75 Å². The normalized spacial score (nSPS) is 34.9. The lowest BCUT2D eigenvalue weighted by Crippen LogP contribution is -2.70. The van der Waals surface area contributed by atoms with Crippen LogP contribution in [0.2, 0.25) is 0 Å². The number of amides is 1. The van der Waals surface area contributed by atoms with Gasteiger partial charge in [-0.2, -0.15) is 0 Å². The molecular formula is C52H67F2N3O10. The van der Waals surface area contributed by atoms with Crippen molar-refractivity contribution < 1.29 is 52.4 Å². The summed E-state index contributed by atoms with van der Waals surface area (Å²) >= 11 is 0. The monoisotopic (exact) mass is 931 g/mol. The highest BCUT2D eigenvalue weighted by atomic mass is 19.1. The summed E-state index contributed by atoms with van der Waals surface area (Å²) in [7, 11) is 1.42. The lowest BCUT2D eigenvalue weighted by atomic mass is 9.44. The van der Waals surface area contributed by atoms with E-state index in [9.17, 15) is 29.4 Å². The minimum Gasteiger partial charge on any atom is -0.492 e. The lowest BCUT2D eigenvalue weighted by molar-refractivity contribution is -0.223. The van der Waals surface area contributed by atoms with Crippen LogP contribution in [-0.2, 0) is 19.1 Å². The maximum Gasteiger partial charge on any atom is 0.410 e. The third-order valence-corrected chi connectivity index (χ3v) is 17.5. The number of pyridine rings is 1. The quantitative estimate of drug-likeness (QED) is 0.261. The van der Waals surface area contributed by atoms with Crippen molar-refractivity contribution in [3.05, 3.63) is 56.7 Å². The summed E-state index contributed by atoms with van der Waals surface area (Å²) in [5, 5.41) is 24.8. The van der Waals surface area contributed by atoms with Crippen molar-refractivity contribution in [3.8, 4) is 5.75 Å². The van der Waals surface area contributed by atoms with Crippen molar-refractivity contribution in [2.24, 2.45) is 34.5 Å². The van der Waals surface area contributed by atoms with E-state index in [1.165, 1.54) is 40.0 Å². The van der Waals surface area contributed by atoms with E-state index in [0.717, 1.165) is 12.8 Å². The minimum atomic E-state index is -2.19. The number of Topliss-reactive ketones (excluding diaryl/α,β-unsaturated/α-hetero) is 1. The van der Waals surface area contributed by atoms with Crippen LogP contribution in [0.3, 0.4) is 0 Å². The fraction of sp³-hybridized carbons (Fsp3) is 0.673. The number of alkyl halides is 1. The number of aliphatic hydroxyl groups is 2. The van der Waals surface area contributed by atoms with E-state index in [1.807, 2.05) is 30.2 Å². The number of ether oxygens (including phenoxy) is 3. The number of likely N-dealkylation sites (tertiary alicyclic amines) is 1. The maximum absolute atomic E-state index is 17.9. The number of carbonyl (C=O) groups excluding carboxylic acids is 4. The molecule has 2 unspecified atom stereocenters. The molecule has 3 heterocycles. The van der Waals surface area contributed by atoms with Crippen molar-refractivity contribution in [2.45, 2.75) is 161 Å². The Hall–Kier alpha value is -4.63. The molecule has 4 saturated carbocycles. The van der Waals surface area contributed by atoms with Gasteiger partial charge < -0.3 is 38.8 Å². The number of anilines is 1. The van der Waals surface area contributed by atoms with Crippen LogP contribution < -0.4 is 15.1 Å². The number of halogens is 2. The molecule has 1 aromatic heterocycles. The van der Waals surface area contributed by atoms with Gasteiger partial charge in [-0.3, -0.25) is 14.4 Å². The summed E-state index contributed by atoms with van der Waals surface area (Å²) < 4.78 is 54.8. The summed E-state index contributed by atoms with van der Waals surface area (Å²) in [4.78, 5) is 74.0. The van der Waals surface area contributed by atoms with Gasteiger partial charge in [0.05, 0.1) is 30.2 Å². The molecule has 6 fully saturated rings. The average Bonchev–Trinajstić information content (AvgIpc) is 3.94. The number of carbonyl (C=O) groups is 4. The molecule has 1 amide bonds. The predicted molar refractivity (Wildman–Crippen MR) is 246 cm³/mol. The molecule has 2 saturated heterocycles. The highest BCUT2D eigenvalue weighted by molar-refractivity contribution is 6.03. The molecule has 1 aromatic carbocycles. The number of hydrogen-bond acceptors (Lipinski definition) is 11. The number of aliphatic hydroxyl groups excluding tert-OH is 1. The first kappa shape index (κ1) is 47.4. The Kier molecular flexibility index (Phi) is 10.9. The summed E-state index contributed by atoms with van der Waals surface area (Å²) in [6, 6.07) is -0.392. The largest absolute Gasteiger partial charge is 0.492 e. The van der Waals surface area contributed by atoms with E-state index in [4.69, 9.17) is 14.2 Å².